The molecule has 21 heavy (non-hydrogen) atoms. The van der Waals surface area contributed by atoms with Crippen LogP contribution in [-0.2, 0) is 20.7 Å². The topological polar surface area (TPSA) is 118 Å². The molecule has 0 aliphatic rings. The van der Waals surface area contributed by atoms with Crippen LogP contribution in [0.1, 0.15) is 18.5 Å². The van der Waals surface area contributed by atoms with Crippen LogP contribution in [0.15, 0.2) is 10.9 Å². The predicted octanol–water partition coefficient (Wildman–Crippen LogP) is 0.391. The third-order valence-electron chi connectivity index (χ3n) is 2.62. The molecule has 3 N–H and O–H groups in total. The quantitative estimate of drug-likeness (QED) is 0.597. The lowest BCUT2D eigenvalue weighted by atomic mass is 10.1. The van der Waals surface area contributed by atoms with Crippen molar-refractivity contribution in [3.8, 4) is 0 Å². The number of thiazole rings is 1. The van der Waals surface area contributed by atoms with Crippen LogP contribution in [0.5, 0.6) is 0 Å². The minimum atomic E-state index is -1.20. The molecule has 0 aliphatic heterocycles. The van der Waals surface area contributed by atoms with E-state index in [1.165, 1.54) is 18.4 Å². The summed E-state index contributed by atoms with van der Waals surface area (Å²) in [6, 6.07) is -1.73. The molecule has 116 valence electrons. The molecule has 0 spiro atoms. The fourth-order valence-corrected chi connectivity index (χ4v) is 2.09. The zero-order chi connectivity index (χ0) is 15.7. The van der Waals surface area contributed by atoms with Crippen LogP contribution in [-0.4, -0.2) is 47.8 Å². The number of esters is 1. The molecule has 0 unspecified atom stereocenters. The number of carboxylic acid groups (broad SMARTS) is 1. The maximum Gasteiger partial charge on any atom is 0.326 e. The maximum atomic E-state index is 11.6. The van der Waals surface area contributed by atoms with E-state index in [0.29, 0.717) is 13.0 Å². The third kappa shape index (κ3) is 6.70. The molecule has 1 rings (SSSR count). The Kier molecular flexibility index (Phi) is 7.16. The highest BCUT2D eigenvalue weighted by atomic mass is 32.1. The van der Waals surface area contributed by atoms with Gasteiger partial charge in [-0.25, -0.2) is 14.6 Å². The van der Waals surface area contributed by atoms with Crippen LogP contribution < -0.4 is 10.6 Å². The van der Waals surface area contributed by atoms with Gasteiger partial charge in [0, 0.05) is 24.8 Å². The molecule has 0 radical (unpaired) electrons. The molecule has 1 heterocycles. The molecule has 0 aromatic carbocycles. The van der Waals surface area contributed by atoms with E-state index in [9.17, 15) is 14.4 Å². The Balaban J connectivity index is 2.31. The first-order valence-electron chi connectivity index (χ1n) is 6.24. The molecule has 0 bridgehead atoms. The van der Waals surface area contributed by atoms with Gasteiger partial charge in [-0.3, -0.25) is 4.79 Å². The average Bonchev–Trinajstić information content (AvgIpc) is 2.95. The Labute approximate surface area is 125 Å². The van der Waals surface area contributed by atoms with E-state index in [1.807, 2.05) is 5.38 Å². The highest BCUT2D eigenvalue weighted by molar-refractivity contribution is 7.07. The Bertz CT molecular complexity index is 477. The second-order valence-corrected chi connectivity index (χ2v) is 4.85. The molecule has 0 saturated carbocycles. The monoisotopic (exact) mass is 315 g/mol. The Morgan fingerprint density at radius 3 is 2.81 bits per heavy atom. The summed E-state index contributed by atoms with van der Waals surface area (Å²) >= 11 is 1.46. The number of rotatable bonds is 8. The fourth-order valence-electron chi connectivity index (χ4n) is 1.50. The first kappa shape index (κ1) is 16.9. The van der Waals surface area contributed by atoms with E-state index >= 15 is 0 Å². The number of hydrogen-bond acceptors (Lipinski definition) is 6. The number of nitrogens with one attached hydrogen (secondary N) is 2. The number of aromatic nitrogens is 1. The minimum absolute atomic E-state index is 0.0263. The molecule has 0 aliphatic carbocycles. The van der Waals surface area contributed by atoms with Gasteiger partial charge in [-0.2, -0.15) is 0 Å². The number of nitrogens with zero attached hydrogens (tertiary/aromatic N) is 1. The lowest BCUT2D eigenvalue weighted by Gasteiger charge is -2.14. The summed E-state index contributed by atoms with van der Waals surface area (Å²) in [5, 5.41) is 15.7. The van der Waals surface area contributed by atoms with Crippen LogP contribution in [0.2, 0.25) is 0 Å². The van der Waals surface area contributed by atoms with Gasteiger partial charge in [0.05, 0.1) is 18.3 Å². The van der Waals surface area contributed by atoms with Gasteiger partial charge in [0.1, 0.15) is 6.04 Å². The van der Waals surface area contributed by atoms with Crippen molar-refractivity contribution < 1.29 is 24.2 Å². The van der Waals surface area contributed by atoms with Crippen LogP contribution >= 0.6 is 11.3 Å². The number of hydrogen-bond donors (Lipinski definition) is 3. The zero-order valence-corrected chi connectivity index (χ0v) is 12.3. The summed E-state index contributed by atoms with van der Waals surface area (Å²) in [6.45, 7) is 0.346. The van der Waals surface area contributed by atoms with Gasteiger partial charge in [0.2, 0.25) is 0 Å². The summed E-state index contributed by atoms with van der Waals surface area (Å²) in [5.41, 5.74) is 2.56. The van der Waals surface area contributed by atoms with Crippen molar-refractivity contribution in [1.29, 1.82) is 0 Å². The predicted molar refractivity (Wildman–Crippen MR) is 75.0 cm³/mol. The number of amides is 2. The van der Waals surface area contributed by atoms with Gasteiger partial charge in [-0.1, -0.05) is 0 Å². The molecule has 0 saturated heterocycles. The lowest BCUT2D eigenvalue weighted by Crippen LogP contribution is -2.46. The molecule has 8 nitrogen and oxygen atoms in total. The SMILES string of the molecule is COC(=O)CC[C@H](NC(=O)NCCc1cscn1)C(=O)O. The zero-order valence-electron chi connectivity index (χ0n) is 11.5. The molecule has 9 heteroatoms. The first-order valence-corrected chi connectivity index (χ1v) is 7.18. The number of methoxy groups -OCH3 is 1. The summed E-state index contributed by atoms with van der Waals surface area (Å²) < 4.78 is 4.43. The maximum absolute atomic E-state index is 11.6. The Morgan fingerprint density at radius 2 is 2.24 bits per heavy atom. The lowest BCUT2D eigenvalue weighted by molar-refractivity contribution is -0.142. The van der Waals surface area contributed by atoms with Gasteiger partial charge >= 0.3 is 18.0 Å². The minimum Gasteiger partial charge on any atom is -0.480 e. The number of ether oxygens (including phenoxy) is 1. The van der Waals surface area contributed by atoms with Gasteiger partial charge in [0.15, 0.2) is 0 Å². The van der Waals surface area contributed by atoms with Crippen LogP contribution in [0.4, 0.5) is 4.79 Å². The number of urea groups is 1. The largest absolute Gasteiger partial charge is 0.480 e. The summed E-state index contributed by atoms with van der Waals surface area (Å²) in [4.78, 5) is 37.6. The second-order valence-electron chi connectivity index (χ2n) is 4.14. The summed E-state index contributed by atoms with van der Waals surface area (Å²) in [7, 11) is 1.22. The third-order valence-corrected chi connectivity index (χ3v) is 3.25. The second kappa shape index (κ2) is 8.90. The van der Waals surface area contributed by atoms with E-state index in [0.717, 1.165) is 5.69 Å². The van der Waals surface area contributed by atoms with Gasteiger partial charge in [-0.05, 0) is 6.42 Å². The molecular formula is C12H17N3O5S. The molecule has 2 amide bonds. The summed E-state index contributed by atoms with van der Waals surface area (Å²) in [6.07, 6.45) is 0.463. The Hall–Kier alpha value is -2.16. The van der Waals surface area contributed by atoms with E-state index in [2.05, 4.69) is 20.4 Å². The van der Waals surface area contributed by atoms with Crippen molar-refractivity contribution in [1.82, 2.24) is 15.6 Å². The molecular weight excluding hydrogens is 298 g/mol. The van der Waals surface area contributed by atoms with Gasteiger partial charge < -0.3 is 20.5 Å². The number of aliphatic carboxylic acids is 1. The van der Waals surface area contributed by atoms with Crippen molar-refractivity contribution in [2.24, 2.45) is 0 Å². The smallest absolute Gasteiger partial charge is 0.326 e. The Morgan fingerprint density at radius 1 is 1.48 bits per heavy atom. The van der Waals surface area contributed by atoms with Crippen LogP contribution in [0, 0.1) is 0 Å². The van der Waals surface area contributed by atoms with E-state index in [4.69, 9.17) is 5.11 Å². The number of carboxylic acids is 1. The fraction of sp³-hybridized carbons (Fsp3) is 0.500. The molecule has 1 atom stereocenters. The van der Waals surface area contributed by atoms with Crippen molar-refractivity contribution in [2.75, 3.05) is 13.7 Å². The van der Waals surface area contributed by atoms with Crippen molar-refractivity contribution in [3.63, 3.8) is 0 Å². The molecule has 0 fully saturated rings. The van der Waals surface area contributed by atoms with Gasteiger partial charge in [-0.15, -0.1) is 11.3 Å². The molecule has 1 aromatic heterocycles. The first-order chi connectivity index (χ1) is 10.0. The normalized spacial score (nSPS) is 11.5. The summed E-state index contributed by atoms with van der Waals surface area (Å²) in [5.74, 6) is -1.72. The van der Waals surface area contributed by atoms with E-state index in [-0.39, 0.29) is 12.8 Å². The number of carbonyl (C=O) groups is 3. The van der Waals surface area contributed by atoms with Crippen LogP contribution in [0.3, 0.4) is 0 Å². The standard InChI is InChI=1S/C12H17N3O5S/c1-20-10(16)3-2-9(11(17)18)15-12(19)13-5-4-8-6-21-7-14-8/h6-7,9H,2-5H2,1H3,(H,17,18)(H2,13,15,19)/t9-/m0/s1. The van der Waals surface area contributed by atoms with E-state index in [1.54, 1.807) is 5.51 Å². The van der Waals surface area contributed by atoms with Crippen LogP contribution in [0.25, 0.3) is 0 Å². The highest BCUT2D eigenvalue weighted by Gasteiger charge is 2.20. The van der Waals surface area contributed by atoms with Crippen molar-refractivity contribution >= 4 is 29.3 Å². The van der Waals surface area contributed by atoms with E-state index < -0.39 is 24.0 Å². The highest BCUT2D eigenvalue weighted by Crippen LogP contribution is 2.01. The average molecular weight is 315 g/mol. The van der Waals surface area contributed by atoms with Crippen molar-refractivity contribution in [2.45, 2.75) is 25.3 Å². The number of carbonyl (C=O) groups excluding carboxylic acids is 2. The molecule has 1 aromatic rings. The van der Waals surface area contributed by atoms with Gasteiger partial charge in [0.25, 0.3) is 0 Å². The van der Waals surface area contributed by atoms with Crippen molar-refractivity contribution in [3.05, 3.63) is 16.6 Å².